The Morgan fingerprint density at radius 1 is 1.50 bits per heavy atom. The molecule has 1 aromatic heterocycles. The smallest absolute Gasteiger partial charge is 0.269 e. The number of amides is 1. The second kappa shape index (κ2) is 5.48. The molecule has 0 aliphatic carbocycles. The van der Waals surface area contributed by atoms with E-state index < -0.39 is 0 Å². The summed E-state index contributed by atoms with van der Waals surface area (Å²) >= 11 is 0. The zero-order valence-corrected chi connectivity index (χ0v) is 10.8. The summed E-state index contributed by atoms with van der Waals surface area (Å²) in [6.07, 6.45) is 1.39. The van der Waals surface area contributed by atoms with Crippen LogP contribution in [0.25, 0.3) is 0 Å². The van der Waals surface area contributed by atoms with Crippen molar-refractivity contribution >= 4 is 11.7 Å². The maximum atomic E-state index is 11.8. The van der Waals surface area contributed by atoms with E-state index in [1.54, 1.807) is 6.07 Å². The molecule has 0 unspecified atom stereocenters. The lowest BCUT2D eigenvalue weighted by Crippen LogP contribution is -2.32. The van der Waals surface area contributed by atoms with E-state index in [4.69, 9.17) is 10.9 Å². The van der Waals surface area contributed by atoms with Crippen LogP contribution in [-0.2, 0) is 0 Å². The normalized spacial score (nSPS) is 12.3. The minimum atomic E-state index is -0.240. The molecular formula is C12H18N4O2. The van der Waals surface area contributed by atoms with Crippen LogP contribution in [-0.4, -0.2) is 28.5 Å². The fourth-order valence-corrected chi connectivity index (χ4v) is 1.17. The van der Waals surface area contributed by atoms with Crippen LogP contribution in [0.15, 0.2) is 23.5 Å². The Morgan fingerprint density at radius 3 is 2.61 bits per heavy atom. The minimum absolute atomic E-state index is 0.0174. The van der Waals surface area contributed by atoms with Gasteiger partial charge in [-0.15, -0.1) is 0 Å². The first-order chi connectivity index (χ1) is 8.33. The van der Waals surface area contributed by atoms with Crippen LogP contribution in [0.4, 0.5) is 0 Å². The molecule has 6 heteroatoms. The van der Waals surface area contributed by atoms with Crippen molar-refractivity contribution in [2.45, 2.75) is 20.8 Å². The van der Waals surface area contributed by atoms with Gasteiger partial charge in [-0.05, 0) is 17.5 Å². The Labute approximate surface area is 106 Å². The zero-order chi connectivity index (χ0) is 13.8. The van der Waals surface area contributed by atoms with Crippen molar-refractivity contribution in [3.63, 3.8) is 0 Å². The Morgan fingerprint density at radius 2 is 2.17 bits per heavy atom. The largest absolute Gasteiger partial charge is 0.409 e. The van der Waals surface area contributed by atoms with Crippen molar-refractivity contribution in [2.75, 3.05) is 6.54 Å². The maximum Gasteiger partial charge on any atom is 0.269 e. The zero-order valence-electron chi connectivity index (χ0n) is 10.8. The fourth-order valence-electron chi connectivity index (χ4n) is 1.17. The number of rotatable bonds is 3. The third-order valence-electron chi connectivity index (χ3n) is 2.18. The molecule has 1 amide bonds. The van der Waals surface area contributed by atoms with Crippen LogP contribution in [0.3, 0.4) is 0 Å². The lowest BCUT2D eigenvalue weighted by molar-refractivity contribution is 0.0934. The highest BCUT2D eigenvalue weighted by molar-refractivity contribution is 5.98. The molecule has 0 atom stereocenters. The molecule has 1 rings (SSSR count). The maximum absolute atomic E-state index is 11.8. The molecular weight excluding hydrogens is 232 g/mol. The highest BCUT2D eigenvalue weighted by Crippen LogP contribution is 2.10. The molecule has 0 saturated heterocycles. The molecule has 1 aromatic rings. The molecule has 0 fully saturated rings. The average Bonchev–Trinajstić information content (AvgIpc) is 2.34. The minimum Gasteiger partial charge on any atom is -0.409 e. The predicted octanol–water partition coefficient (Wildman–Crippen LogP) is 0.952. The molecule has 0 aliphatic rings. The van der Waals surface area contributed by atoms with Gasteiger partial charge in [0.05, 0.1) is 0 Å². The van der Waals surface area contributed by atoms with Crippen LogP contribution < -0.4 is 11.1 Å². The summed E-state index contributed by atoms with van der Waals surface area (Å²) in [5.41, 5.74) is 6.18. The molecule has 1 heterocycles. The predicted molar refractivity (Wildman–Crippen MR) is 68.5 cm³/mol. The summed E-state index contributed by atoms with van der Waals surface area (Å²) in [4.78, 5) is 15.7. The topological polar surface area (TPSA) is 101 Å². The van der Waals surface area contributed by atoms with E-state index in [9.17, 15) is 4.79 Å². The Bertz CT molecular complexity index is 446. The van der Waals surface area contributed by atoms with Gasteiger partial charge in [0.2, 0.25) is 0 Å². The van der Waals surface area contributed by atoms with Crippen LogP contribution in [0.1, 0.15) is 36.8 Å². The molecule has 18 heavy (non-hydrogen) atoms. The van der Waals surface area contributed by atoms with Gasteiger partial charge in [0.15, 0.2) is 5.84 Å². The Balaban J connectivity index is 2.71. The number of aromatic nitrogens is 1. The highest BCUT2D eigenvalue weighted by Gasteiger charge is 2.13. The van der Waals surface area contributed by atoms with Crippen molar-refractivity contribution in [3.8, 4) is 0 Å². The fraction of sp³-hybridized carbons (Fsp3) is 0.417. The monoisotopic (exact) mass is 250 g/mol. The quantitative estimate of drug-likeness (QED) is 0.322. The van der Waals surface area contributed by atoms with Crippen molar-refractivity contribution in [1.82, 2.24) is 10.3 Å². The molecule has 0 aromatic carbocycles. The number of hydrogen-bond acceptors (Lipinski definition) is 4. The molecule has 6 nitrogen and oxygen atoms in total. The molecule has 0 saturated carbocycles. The number of nitrogens with two attached hydrogens (primary N) is 1. The number of carbonyl (C=O) groups excluding carboxylic acids is 1. The van der Waals surface area contributed by atoms with Gasteiger partial charge in [-0.2, -0.15) is 0 Å². The third kappa shape index (κ3) is 4.04. The molecule has 98 valence electrons. The van der Waals surface area contributed by atoms with E-state index in [1.165, 1.54) is 12.3 Å². The van der Waals surface area contributed by atoms with Gasteiger partial charge in [-0.25, -0.2) is 0 Å². The number of oxime groups is 1. The second-order valence-electron chi connectivity index (χ2n) is 5.16. The van der Waals surface area contributed by atoms with Crippen LogP contribution in [0.5, 0.6) is 0 Å². The van der Waals surface area contributed by atoms with Gasteiger partial charge in [0.25, 0.3) is 5.91 Å². The summed E-state index contributed by atoms with van der Waals surface area (Å²) < 4.78 is 0. The number of hydrogen-bond donors (Lipinski definition) is 3. The first-order valence-electron chi connectivity index (χ1n) is 5.55. The van der Waals surface area contributed by atoms with Crippen LogP contribution >= 0.6 is 0 Å². The van der Waals surface area contributed by atoms with E-state index in [0.29, 0.717) is 17.8 Å². The van der Waals surface area contributed by atoms with Gasteiger partial charge in [0, 0.05) is 18.3 Å². The van der Waals surface area contributed by atoms with Gasteiger partial charge >= 0.3 is 0 Å². The molecule has 0 radical (unpaired) electrons. The van der Waals surface area contributed by atoms with Crippen LogP contribution in [0.2, 0.25) is 0 Å². The van der Waals surface area contributed by atoms with E-state index in [-0.39, 0.29) is 17.2 Å². The lowest BCUT2D eigenvalue weighted by Gasteiger charge is -2.18. The summed E-state index contributed by atoms with van der Waals surface area (Å²) in [5, 5.41) is 14.1. The first-order valence-corrected chi connectivity index (χ1v) is 5.55. The number of pyridine rings is 1. The standard InChI is InChI=1S/C12H18N4O2/c1-12(2,3)7-15-11(17)9-5-4-8(6-14-9)10(13)16-18/h4-6,18H,7H2,1-3H3,(H2,13,16)(H,15,17). The van der Waals surface area contributed by atoms with Crippen molar-refractivity contribution in [1.29, 1.82) is 0 Å². The van der Waals surface area contributed by atoms with Gasteiger partial charge in [0.1, 0.15) is 5.69 Å². The summed E-state index contributed by atoms with van der Waals surface area (Å²) in [6.45, 7) is 6.65. The molecule has 0 aliphatic heterocycles. The summed E-state index contributed by atoms with van der Waals surface area (Å²) in [5.74, 6) is -0.278. The summed E-state index contributed by atoms with van der Waals surface area (Å²) in [6, 6.07) is 3.11. The Kier molecular flexibility index (Phi) is 4.25. The molecule has 4 N–H and O–H groups in total. The van der Waals surface area contributed by atoms with Gasteiger partial charge < -0.3 is 16.3 Å². The SMILES string of the molecule is CC(C)(C)CNC(=O)c1ccc(C(N)=NO)cn1. The Hall–Kier alpha value is -2.11. The van der Waals surface area contributed by atoms with E-state index in [1.807, 2.05) is 20.8 Å². The molecule has 0 bridgehead atoms. The van der Waals surface area contributed by atoms with E-state index in [2.05, 4.69) is 15.5 Å². The highest BCUT2D eigenvalue weighted by atomic mass is 16.4. The van der Waals surface area contributed by atoms with Crippen molar-refractivity contribution in [2.24, 2.45) is 16.3 Å². The van der Waals surface area contributed by atoms with Crippen LogP contribution in [0, 0.1) is 5.41 Å². The van der Waals surface area contributed by atoms with Gasteiger partial charge in [-0.1, -0.05) is 25.9 Å². The first kappa shape index (κ1) is 14.0. The number of nitrogens with one attached hydrogen (secondary N) is 1. The molecule has 0 spiro atoms. The number of nitrogens with zero attached hydrogens (tertiary/aromatic N) is 2. The van der Waals surface area contributed by atoms with Gasteiger partial charge in [-0.3, -0.25) is 9.78 Å². The second-order valence-corrected chi connectivity index (χ2v) is 5.16. The average molecular weight is 250 g/mol. The van der Waals surface area contributed by atoms with E-state index >= 15 is 0 Å². The van der Waals surface area contributed by atoms with Crippen molar-refractivity contribution in [3.05, 3.63) is 29.6 Å². The number of amidine groups is 1. The van der Waals surface area contributed by atoms with E-state index in [0.717, 1.165) is 0 Å². The lowest BCUT2D eigenvalue weighted by atomic mass is 9.97. The summed E-state index contributed by atoms with van der Waals surface area (Å²) in [7, 11) is 0. The number of carbonyl (C=O) groups is 1. The van der Waals surface area contributed by atoms with Crippen molar-refractivity contribution < 1.29 is 10.0 Å². The third-order valence-corrected chi connectivity index (χ3v) is 2.18.